The van der Waals surface area contributed by atoms with Gasteiger partial charge in [0.15, 0.2) is 0 Å². The van der Waals surface area contributed by atoms with E-state index in [-0.39, 0.29) is 6.04 Å². The van der Waals surface area contributed by atoms with Gasteiger partial charge in [-0.25, -0.2) is 0 Å². The Balaban J connectivity index is 3.17. The second-order valence-electron chi connectivity index (χ2n) is 2.08. The van der Waals surface area contributed by atoms with Crippen LogP contribution in [-0.4, -0.2) is 17.5 Å². The number of thioether (sulfide) groups is 1. The van der Waals surface area contributed by atoms with Gasteiger partial charge in [0.25, 0.3) is 0 Å². The van der Waals surface area contributed by atoms with Gasteiger partial charge in [0.1, 0.15) is 0 Å². The van der Waals surface area contributed by atoms with Gasteiger partial charge in [0.05, 0.1) is 0 Å². The molecule has 0 rings (SSSR count). The predicted molar refractivity (Wildman–Crippen MR) is 48.9 cm³/mol. The summed E-state index contributed by atoms with van der Waals surface area (Å²) in [6, 6.07) is 0.261. The fourth-order valence-electron chi connectivity index (χ4n) is 0.539. The third-order valence-electron chi connectivity index (χ3n) is 1.14. The summed E-state index contributed by atoms with van der Waals surface area (Å²) in [5.41, 5.74) is 2.67. The van der Waals surface area contributed by atoms with Gasteiger partial charge in [0, 0.05) is 11.8 Å². The van der Waals surface area contributed by atoms with E-state index in [2.05, 4.69) is 18.9 Å². The minimum atomic E-state index is 0.261. The summed E-state index contributed by atoms with van der Waals surface area (Å²) >= 11 is 1.90. The zero-order chi connectivity index (χ0) is 7.82. The van der Waals surface area contributed by atoms with Gasteiger partial charge in [-0.1, -0.05) is 13.0 Å². The standard InChI is InChI=1S/C7H16N2S/c1-3-5-10-6-7(4-2)9-8/h4,7,9H,2-3,5-6,8H2,1H3. The van der Waals surface area contributed by atoms with E-state index in [1.165, 1.54) is 12.2 Å². The van der Waals surface area contributed by atoms with Gasteiger partial charge in [-0.05, 0) is 12.2 Å². The molecule has 0 amide bonds. The summed E-state index contributed by atoms with van der Waals surface area (Å²) in [5.74, 6) is 7.45. The minimum absolute atomic E-state index is 0.261. The first-order valence-electron chi connectivity index (χ1n) is 3.51. The molecule has 3 heteroatoms. The van der Waals surface area contributed by atoms with Gasteiger partial charge in [-0.15, -0.1) is 6.58 Å². The highest BCUT2D eigenvalue weighted by atomic mass is 32.2. The van der Waals surface area contributed by atoms with Crippen molar-refractivity contribution in [3.8, 4) is 0 Å². The van der Waals surface area contributed by atoms with Crippen molar-refractivity contribution in [2.45, 2.75) is 19.4 Å². The van der Waals surface area contributed by atoms with Crippen molar-refractivity contribution in [3.63, 3.8) is 0 Å². The van der Waals surface area contributed by atoms with Crippen LogP contribution in [0.3, 0.4) is 0 Å². The van der Waals surface area contributed by atoms with Crippen LogP contribution in [0.5, 0.6) is 0 Å². The van der Waals surface area contributed by atoms with Crippen LogP contribution < -0.4 is 11.3 Å². The van der Waals surface area contributed by atoms with E-state index in [1.54, 1.807) is 0 Å². The lowest BCUT2D eigenvalue weighted by atomic mass is 10.4. The fourth-order valence-corrected chi connectivity index (χ4v) is 1.48. The Morgan fingerprint density at radius 1 is 1.80 bits per heavy atom. The van der Waals surface area contributed by atoms with Crippen molar-refractivity contribution >= 4 is 11.8 Å². The maximum Gasteiger partial charge on any atom is 0.0478 e. The summed E-state index contributed by atoms with van der Waals surface area (Å²) in [6.07, 6.45) is 3.06. The minimum Gasteiger partial charge on any atom is -0.271 e. The summed E-state index contributed by atoms with van der Waals surface area (Å²) in [6.45, 7) is 5.83. The molecule has 0 aliphatic rings. The summed E-state index contributed by atoms with van der Waals surface area (Å²) in [5, 5.41) is 0. The van der Waals surface area contributed by atoms with Crippen molar-refractivity contribution in [1.29, 1.82) is 0 Å². The van der Waals surface area contributed by atoms with Gasteiger partial charge in [0.2, 0.25) is 0 Å². The van der Waals surface area contributed by atoms with E-state index in [1.807, 2.05) is 17.8 Å². The van der Waals surface area contributed by atoms with Gasteiger partial charge < -0.3 is 0 Å². The van der Waals surface area contributed by atoms with Crippen molar-refractivity contribution in [1.82, 2.24) is 5.43 Å². The molecule has 0 saturated carbocycles. The predicted octanol–water partition coefficient (Wildman–Crippen LogP) is 1.15. The van der Waals surface area contributed by atoms with Crippen LogP contribution in [0.4, 0.5) is 0 Å². The average Bonchev–Trinajstić information content (AvgIpc) is 1.99. The molecule has 0 aromatic rings. The van der Waals surface area contributed by atoms with Crippen molar-refractivity contribution in [2.24, 2.45) is 5.84 Å². The molecular weight excluding hydrogens is 144 g/mol. The lowest BCUT2D eigenvalue weighted by molar-refractivity contribution is 0.678. The Morgan fingerprint density at radius 2 is 2.50 bits per heavy atom. The van der Waals surface area contributed by atoms with Crippen LogP contribution in [0.25, 0.3) is 0 Å². The third kappa shape index (κ3) is 4.85. The second-order valence-corrected chi connectivity index (χ2v) is 3.23. The van der Waals surface area contributed by atoms with E-state index in [9.17, 15) is 0 Å². The molecule has 0 aromatic carbocycles. The number of nitrogens with two attached hydrogens (primary N) is 1. The lowest BCUT2D eigenvalue weighted by Gasteiger charge is -2.08. The molecular formula is C7H16N2S. The first-order valence-corrected chi connectivity index (χ1v) is 4.67. The van der Waals surface area contributed by atoms with Crippen molar-refractivity contribution in [2.75, 3.05) is 11.5 Å². The highest BCUT2D eigenvalue weighted by Gasteiger charge is 1.98. The highest BCUT2D eigenvalue weighted by molar-refractivity contribution is 7.99. The molecule has 3 N–H and O–H groups in total. The van der Waals surface area contributed by atoms with Crippen LogP contribution >= 0.6 is 11.8 Å². The number of hydrazine groups is 1. The first-order chi connectivity index (χ1) is 4.85. The quantitative estimate of drug-likeness (QED) is 0.265. The van der Waals surface area contributed by atoms with Crippen LogP contribution in [0.2, 0.25) is 0 Å². The zero-order valence-corrected chi connectivity index (χ0v) is 7.29. The molecule has 0 heterocycles. The Kier molecular flexibility index (Phi) is 7.13. The molecule has 0 aliphatic carbocycles. The van der Waals surface area contributed by atoms with E-state index < -0.39 is 0 Å². The molecule has 0 radical (unpaired) electrons. The molecule has 10 heavy (non-hydrogen) atoms. The van der Waals surface area contributed by atoms with E-state index in [0.717, 1.165) is 5.75 Å². The topological polar surface area (TPSA) is 38.0 Å². The second kappa shape index (κ2) is 7.12. The van der Waals surface area contributed by atoms with Crippen LogP contribution in [0, 0.1) is 0 Å². The summed E-state index contributed by atoms with van der Waals surface area (Å²) in [7, 11) is 0. The molecule has 0 aliphatic heterocycles. The van der Waals surface area contributed by atoms with E-state index >= 15 is 0 Å². The Labute approximate surface area is 67.2 Å². The SMILES string of the molecule is C=CC(CSCCC)NN. The molecule has 0 aromatic heterocycles. The molecule has 0 fully saturated rings. The smallest absolute Gasteiger partial charge is 0.0478 e. The van der Waals surface area contributed by atoms with Crippen molar-refractivity contribution < 1.29 is 0 Å². The van der Waals surface area contributed by atoms with Gasteiger partial charge in [-0.2, -0.15) is 11.8 Å². The van der Waals surface area contributed by atoms with Crippen LogP contribution in [0.15, 0.2) is 12.7 Å². The maximum atomic E-state index is 5.23. The van der Waals surface area contributed by atoms with Gasteiger partial charge >= 0.3 is 0 Å². The van der Waals surface area contributed by atoms with E-state index in [4.69, 9.17) is 5.84 Å². The Morgan fingerprint density at radius 3 is 2.90 bits per heavy atom. The molecule has 2 nitrogen and oxygen atoms in total. The van der Waals surface area contributed by atoms with Crippen molar-refractivity contribution in [3.05, 3.63) is 12.7 Å². The van der Waals surface area contributed by atoms with Crippen LogP contribution in [0.1, 0.15) is 13.3 Å². The molecule has 60 valence electrons. The summed E-state index contributed by atoms with van der Waals surface area (Å²) < 4.78 is 0. The number of hydrogen-bond donors (Lipinski definition) is 2. The van der Waals surface area contributed by atoms with Gasteiger partial charge in [-0.3, -0.25) is 11.3 Å². The number of nitrogens with one attached hydrogen (secondary N) is 1. The average molecular weight is 160 g/mol. The molecule has 0 saturated heterocycles. The molecule has 1 unspecified atom stereocenters. The number of rotatable bonds is 6. The first kappa shape index (κ1) is 10.0. The molecule has 0 bridgehead atoms. The van der Waals surface area contributed by atoms with Crippen LogP contribution in [-0.2, 0) is 0 Å². The Bertz CT molecular complexity index is 85.7. The highest BCUT2D eigenvalue weighted by Crippen LogP contribution is 2.03. The monoisotopic (exact) mass is 160 g/mol. The zero-order valence-electron chi connectivity index (χ0n) is 6.47. The summed E-state index contributed by atoms with van der Waals surface area (Å²) in [4.78, 5) is 0. The largest absolute Gasteiger partial charge is 0.271 e. The maximum absolute atomic E-state index is 5.23. The fraction of sp³-hybridized carbons (Fsp3) is 0.714. The Hall–Kier alpha value is 0.01000. The number of hydrogen-bond acceptors (Lipinski definition) is 3. The third-order valence-corrected chi connectivity index (χ3v) is 2.44. The normalized spacial score (nSPS) is 13.0. The van der Waals surface area contributed by atoms with E-state index in [0.29, 0.717) is 0 Å². The molecule has 1 atom stereocenters. The lowest BCUT2D eigenvalue weighted by Crippen LogP contribution is -2.35. The molecule has 0 spiro atoms.